The molecule has 1 aromatic rings. The van der Waals surface area contributed by atoms with Gasteiger partial charge < -0.3 is 4.74 Å². The number of hydrogen-bond donors (Lipinski definition) is 0. The molecule has 0 aliphatic rings. The van der Waals surface area contributed by atoms with Gasteiger partial charge in [0.25, 0.3) is 0 Å². The number of unbranched alkanes of at least 4 members (excludes halogenated alkanes) is 1. The predicted octanol–water partition coefficient (Wildman–Crippen LogP) is 2.55. The molecule has 1 heterocycles. The Kier molecular flexibility index (Phi) is 5.86. The topological polar surface area (TPSA) is 39.9 Å². The molecule has 0 aliphatic heterocycles. The van der Waals surface area contributed by atoms with Crippen LogP contribution in [0.1, 0.15) is 36.7 Å². The van der Waals surface area contributed by atoms with Gasteiger partial charge in [0.15, 0.2) is 0 Å². The molecule has 1 rings (SSSR count). The molecule has 4 nitrogen and oxygen atoms in total. The van der Waals surface area contributed by atoms with E-state index in [1.165, 1.54) is 0 Å². The van der Waals surface area contributed by atoms with E-state index in [-0.39, 0.29) is 0 Å². The summed E-state index contributed by atoms with van der Waals surface area (Å²) in [6.45, 7) is 3.86. The second kappa shape index (κ2) is 6.95. The van der Waals surface area contributed by atoms with Gasteiger partial charge in [-0.3, -0.25) is 4.68 Å². The molecule has 0 spiro atoms. The summed E-state index contributed by atoms with van der Waals surface area (Å²) in [5.41, 5.74) is 1.02. The van der Waals surface area contributed by atoms with E-state index in [4.69, 9.17) is 4.74 Å². The molecule has 0 N–H and O–H groups in total. The highest BCUT2D eigenvalue weighted by atomic mass is 79.9. The lowest BCUT2D eigenvalue weighted by atomic mass is 10.3. The fourth-order valence-corrected chi connectivity index (χ4v) is 1.51. The fraction of sp³-hybridized carbons (Fsp3) is 0.800. The molecule has 0 fully saturated rings. The number of rotatable bonds is 7. The minimum Gasteiger partial charge on any atom is -0.385 e. The van der Waals surface area contributed by atoms with Gasteiger partial charge >= 0.3 is 0 Å². The first kappa shape index (κ1) is 12.6. The van der Waals surface area contributed by atoms with Crippen molar-refractivity contribution in [1.29, 1.82) is 0 Å². The Hall–Kier alpha value is -0.420. The molecule has 0 bridgehead atoms. The average Bonchev–Trinajstić information content (AvgIpc) is 2.72. The molecule has 0 amide bonds. The number of aromatic nitrogens is 3. The molecular formula is C10H18BrN3O. The summed E-state index contributed by atoms with van der Waals surface area (Å²) in [6.07, 6.45) is 5.19. The van der Waals surface area contributed by atoms with Crippen LogP contribution in [0.5, 0.6) is 0 Å². The van der Waals surface area contributed by atoms with Crippen LogP contribution in [0.15, 0.2) is 6.20 Å². The maximum absolute atomic E-state index is 4.99. The van der Waals surface area contributed by atoms with E-state index < -0.39 is 0 Å². The Bertz CT molecular complexity index is 277. The summed E-state index contributed by atoms with van der Waals surface area (Å²) >= 11 is 3.56. The van der Waals surface area contributed by atoms with Gasteiger partial charge in [0.2, 0.25) is 0 Å². The largest absolute Gasteiger partial charge is 0.385 e. The van der Waals surface area contributed by atoms with Gasteiger partial charge in [0.05, 0.1) is 10.5 Å². The lowest BCUT2D eigenvalue weighted by Crippen LogP contribution is -2.00. The number of alkyl halides is 1. The van der Waals surface area contributed by atoms with Gasteiger partial charge in [-0.2, -0.15) is 0 Å². The third-order valence-corrected chi connectivity index (χ3v) is 3.34. The number of halogens is 1. The highest BCUT2D eigenvalue weighted by molar-refractivity contribution is 9.09. The summed E-state index contributed by atoms with van der Waals surface area (Å²) in [4.78, 5) is 0.324. The lowest BCUT2D eigenvalue weighted by molar-refractivity contribution is 0.191. The van der Waals surface area contributed by atoms with Gasteiger partial charge in [0.1, 0.15) is 0 Å². The standard InChI is InChI=1S/C10H18BrN3O/c1-3-9(11)10-8-14(13-12-10)6-4-5-7-15-2/h8-9H,3-7H2,1-2H3. The van der Waals surface area contributed by atoms with Crippen LogP contribution in [0.3, 0.4) is 0 Å². The van der Waals surface area contributed by atoms with E-state index in [2.05, 4.69) is 33.2 Å². The Morgan fingerprint density at radius 1 is 1.53 bits per heavy atom. The van der Waals surface area contributed by atoms with Crippen molar-refractivity contribution in [2.24, 2.45) is 0 Å². The van der Waals surface area contributed by atoms with E-state index in [0.29, 0.717) is 4.83 Å². The lowest BCUT2D eigenvalue weighted by Gasteiger charge is -2.00. The second-order valence-corrected chi connectivity index (χ2v) is 4.59. The fourth-order valence-electron chi connectivity index (χ4n) is 1.30. The van der Waals surface area contributed by atoms with Gasteiger partial charge in [-0.25, -0.2) is 0 Å². The molecule has 5 heteroatoms. The van der Waals surface area contributed by atoms with E-state index in [0.717, 1.165) is 38.1 Å². The molecule has 15 heavy (non-hydrogen) atoms. The zero-order chi connectivity index (χ0) is 11.1. The highest BCUT2D eigenvalue weighted by Gasteiger charge is 2.08. The minimum atomic E-state index is 0.324. The monoisotopic (exact) mass is 275 g/mol. The Labute approximate surface area is 99.1 Å². The number of nitrogens with zero attached hydrogens (tertiary/aromatic N) is 3. The molecule has 0 aliphatic carbocycles. The van der Waals surface area contributed by atoms with Gasteiger partial charge in [-0.1, -0.05) is 28.1 Å². The third-order valence-electron chi connectivity index (χ3n) is 2.22. The number of hydrogen-bond acceptors (Lipinski definition) is 3. The predicted molar refractivity (Wildman–Crippen MR) is 63.1 cm³/mol. The first-order chi connectivity index (χ1) is 7.27. The van der Waals surface area contributed by atoms with Crippen molar-refractivity contribution in [3.8, 4) is 0 Å². The first-order valence-electron chi connectivity index (χ1n) is 5.31. The molecule has 0 saturated heterocycles. The van der Waals surface area contributed by atoms with Crippen LogP contribution in [0, 0.1) is 0 Å². The molecule has 0 radical (unpaired) electrons. The Morgan fingerprint density at radius 2 is 2.33 bits per heavy atom. The summed E-state index contributed by atoms with van der Waals surface area (Å²) in [6, 6.07) is 0. The van der Waals surface area contributed by atoms with Crippen LogP contribution in [-0.4, -0.2) is 28.7 Å². The molecule has 86 valence electrons. The number of aryl methyl sites for hydroxylation is 1. The van der Waals surface area contributed by atoms with Crippen LogP contribution in [-0.2, 0) is 11.3 Å². The quantitative estimate of drug-likeness (QED) is 0.567. The molecule has 1 unspecified atom stereocenters. The van der Waals surface area contributed by atoms with E-state index >= 15 is 0 Å². The van der Waals surface area contributed by atoms with Crippen molar-refractivity contribution in [1.82, 2.24) is 15.0 Å². The van der Waals surface area contributed by atoms with E-state index in [1.54, 1.807) is 7.11 Å². The molecule has 1 aromatic heterocycles. The Morgan fingerprint density at radius 3 is 3.00 bits per heavy atom. The van der Waals surface area contributed by atoms with Gasteiger partial charge in [-0.05, 0) is 19.3 Å². The van der Waals surface area contributed by atoms with Crippen LogP contribution >= 0.6 is 15.9 Å². The second-order valence-electron chi connectivity index (χ2n) is 3.48. The van der Waals surface area contributed by atoms with Gasteiger partial charge in [-0.15, -0.1) is 5.10 Å². The highest BCUT2D eigenvalue weighted by Crippen LogP contribution is 2.23. The van der Waals surface area contributed by atoms with E-state index in [9.17, 15) is 0 Å². The molecule has 1 atom stereocenters. The summed E-state index contributed by atoms with van der Waals surface area (Å²) in [7, 11) is 1.73. The van der Waals surface area contributed by atoms with Crippen molar-refractivity contribution in [2.75, 3.05) is 13.7 Å². The van der Waals surface area contributed by atoms with Crippen molar-refractivity contribution >= 4 is 15.9 Å². The smallest absolute Gasteiger partial charge is 0.0963 e. The first-order valence-corrected chi connectivity index (χ1v) is 6.22. The molecular weight excluding hydrogens is 258 g/mol. The van der Waals surface area contributed by atoms with Crippen molar-refractivity contribution < 1.29 is 4.74 Å². The average molecular weight is 276 g/mol. The SMILES string of the molecule is CCC(Br)c1cn(CCCCOC)nn1. The van der Waals surface area contributed by atoms with Gasteiger partial charge in [0, 0.05) is 26.5 Å². The third kappa shape index (κ3) is 4.30. The van der Waals surface area contributed by atoms with Crippen LogP contribution in [0.4, 0.5) is 0 Å². The normalized spacial score (nSPS) is 13.0. The van der Waals surface area contributed by atoms with E-state index in [1.807, 2.05) is 10.9 Å². The number of methoxy groups -OCH3 is 1. The Balaban J connectivity index is 2.33. The van der Waals surface area contributed by atoms with Crippen molar-refractivity contribution in [2.45, 2.75) is 37.6 Å². The van der Waals surface area contributed by atoms with Crippen LogP contribution in [0.2, 0.25) is 0 Å². The summed E-state index contributed by atoms with van der Waals surface area (Å²) in [5.74, 6) is 0. The van der Waals surface area contributed by atoms with Crippen LogP contribution < -0.4 is 0 Å². The maximum Gasteiger partial charge on any atom is 0.0963 e. The molecule has 0 aromatic carbocycles. The summed E-state index contributed by atoms with van der Waals surface area (Å²) in [5, 5.41) is 8.20. The maximum atomic E-state index is 4.99. The number of ether oxygens (including phenoxy) is 1. The molecule has 0 saturated carbocycles. The zero-order valence-electron chi connectivity index (χ0n) is 9.32. The van der Waals surface area contributed by atoms with Crippen LogP contribution in [0.25, 0.3) is 0 Å². The van der Waals surface area contributed by atoms with Crippen molar-refractivity contribution in [3.63, 3.8) is 0 Å². The summed E-state index contributed by atoms with van der Waals surface area (Å²) < 4.78 is 6.89. The minimum absolute atomic E-state index is 0.324. The van der Waals surface area contributed by atoms with Crippen molar-refractivity contribution in [3.05, 3.63) is 11.9 Å². The zero-order valence-corrected chi connectivity index (χ0v) is 10.9.